The topological polar surface area (TPSA) is 59.1 Å². The third-order valence-electron chi connectivity index (χ3n) is 1.31. The maximum absolute atomic E-state index is 8.72. The van der Waals surface area contributed by atoms with Crippen molar-refractivity contribution >= 4 is 5.82 Å². The molecule has 0 aliphatic heterocycles. The van der Waals surface area contributed by atoms with E-state index < -0.39 is 0 Å². The second kappa shape index (κ2) is 5.55. The molecule has 0 saturated carbocycles. The van der Waals surface area contributed by atoms with Crippen molar-refractivity contribution in [2.24, 2.45) is 0 Å². The lowest BCUT2D eigenvalue weighted by Crippen LogP contribution is -1.97. The number of nitrogen functional groups attached to an aromatic ring is 1. The molecule has 0 radical (unpaired) electrons. The van der Waals surface area contributed by atoms with E-state index in [9.17, 15) is 0 Å². The molecular weight excluding hydrogens is 152 g/mol. The molecule has 0 amide bonds. The molecule has 0 aliphatic carbocycles. The van der Waals surface area contributed by atoms with E-state index in [4.69, 9.17) is 10.8 Å². The maximum atomic E-state index is 8.72. The van der Waals surface area contributed by atoms with Crippen molar-refractivity contribution in [1.82, 2.24) is 4.98 Å². The van der Waals surface area contributed by atoms with Gasteiger partial charge in [0.2, 0.25) is 0 Å². The number of aliphatic hydroxyl groups is 1. The van der Waals surface area contributed by atoms with Gasteiger partial charge in [-0.05, 0) is 18.6 Å². The van der Waals surface area contributed by atoms with Gasteiger partial charge >= 0.3 is 0 Å². The fourth-order valence-corrected chi connectivity index (χ4v) is 0.767. The van der Waals surface area contributed by atoms with E-state index in [0.717, 1.165) is 5.56 Å². The summed E-state index contributed by atoms with van der Waals surface area (Å²) in [6.45, 7) is 5.87. The SMILES string of the molecule is CC.Cc1cnc(N)c(CO)c1. The summed E-state index contributed by atoms with van der Waals surface area (Å²) in [5.74, 6) is 0.410. The summed E-state index contributed by atoms with van der Waals surface area (Å²) in [5.41, 5.74) is 7.14. The van der Waals surface area contributed by atoms with E-state index in [0.29, 0.717) is 11.4 Å². The molecule has 0 atom stereocenters. The Labute approximate surface area is 73.3 Å². The van der Waals surface area contributed by atoms with Crippen molar-refractivity contribution < 1.29 is 5.11 Å². The maximum Gasteiger partial charge on any atom is 0.128 e. The molecule has 0 aliphatic rings. The van der Waals surface area contributed by atoms with Crippen molar-refractivity contribution in [3.63, 3.8) is 0 Å². The number of nitrogens with two attached hydrogens (primary N) is 1. The fourth-order valence-electron chi connectivity index (χ4n) is 0.767. The minimum Gasteiger partial charge on any atom is -0.392 e. The highest BCUT2D eigenvalue weighted by Crippen LogP contribution is 2.08. The number of hydrogen-bond donors (Lipinski definition) is 2. The summed E-state index contributed by atoms with van der Waals surface area (Å²) in [5, 5.41) is 8.72. The first kappa shape index (κ1) is 10.9. The molecule has 12 heavy (non-hydrogen) atoms. The van der Waals surface area contributed by atoms with Gasteiger partial charge in [-0.15, -0.1) is 0 Å². The van der Waals surface area contributed by atoms with Crippen LogP contribution in [0.4, 0.5) is 5.82 Å². The lowest BCUT2D eigenvalue weighted by atomic mass is 10.2. The van der Waals surface area contributed by atoms with E-state index in [1.807, 2.05) is 26.8 Å². The quantitative estimate of drug-likeness (QED) is 0.668. The average Bonchev–Trinajstić information content (AvgIpc) is 2.13. The Hall–Kier alpha value is -1.09. The molecule has 0 saturated heterocycles. The van der Waals surface area contributed by atoms with E-state index >= 15 is 0 Å². The van der Waals surface area contributed by atoms with Crippen LogP contribution in [0.2, 0.25) is 0 Å². The Kier molecular flexibility index (Phi) is 5.04. The van der Waals surface area contributed by atoms with E-state index in [2.05, 4.69) is 4.98 Å². The van der Waals surface area contributed by atoms with E-state index in [1.165, 1.54) is 0 Å². The Morgan fingerprint density at radius 3 is 2.50 bits per heavy atom. The number of rotatable bonds is 1. The lowest BCUT2D eigenvalue weighted by Gasteiger charge is -2.00. The normalized spacial score (nSPS) is 8.67. The van der Waals surface area contributed by atoms with Crippen LogP contribution in [0.5, 0.6) is 0 Å². The van der Waals surface area contributed by atoms with Crippen LogP contribution in [0.3, 0.4) is 0 Å². The molecule has 3 N–H and O–H groups in total. The van der Waals surface area contributed by atoms with E-state index in [-0.39, 0.29) is 6.61 Å². The van der Waals surface area contributed by atoms with Gasteiger partial charge in [-0.1, -0.05) is 13.8 Å². The molecule has 68 valence electrons. The first-order valence-corrected chi connectivity index (χ1v) is 4.06. The lowest BCUT2D eigenvalue weighted by molar-refractivity contribution is 0.282. The molecule has 1 aromatic heterocycles. The molecule has 1 rings (SSSR count). The predicted octanol–water partition coefficient (Wildman–Crippen LogP) is 1.49. The van der Waals surface area contributed by atoms with Crippen LogP contribution < -0.4 is 5.73 Å². The number of hydrogen-bond acceptors (Lipinski definition) is 3. The average molecular weight is 168 g/mol. The molecule has 1 heterocycles. The molecule has 0 fully saturated rings. The summed E-state index contributed by atoms with van der Waals surface area (Å²) in [7, 11) is 0. The van der Waals surface area contributed by atoms with Gasteiger partial charge in [-0.2, -0.15) is 0 Å². The van der Waals surface area contributed by atoms with Gasteiger partial charge in [-0.3, -0.25) is 0 Å². The first-order valence-electron chi connectivity index (χ1n) is 4.06. The van der Waals surface area contributed by atoms with Gasteiger partial charge in [0.25, 0.3) is 0 Å². The highest BCUT2D eigenvalue weighted by Gasteiger charge is 1.96. The van der Waals surface area contributed by atoms with Crippen LogP contribution in [0.15, 0.2) is 12.3 Å². The highest BCUT2D eigenvalue weighted by molar-refractivity contribution is 5.39. The largest absolute Gasteiger partial charge is 0.392 e. The van der Waals surface area contributed by atoms with Crippen molar-refractivity contribution in [3.8, 4) is 0 Å². The van der Waals surface area contributed by atoms with Gasteiger partial charge in [-0.25, -0.2) is 4.98 Å². The van der Waals surface area contributed by atoms with Crippen molar-refractivity contribution in [2.45, 2.75) is 27.4 Å². The molecule has 0 unspecified atom stereocenters. The fraction of sp³-hybridized carbons (Fsp3) is 0.444. The second-order valence-electron chi connectivity index (χ2n) is 2.22. The Morgan fingerprint density at radius 1 is 1.50 bits per heavy atom. The predicted molar refractivity (Wildman–Crippen MR) is 50.7 cm³/mol. The first-order chi connectivity index (χ1) is 5.74. The monoisotopic (exact) mass is 168 g/mol. The van der Waals surface area contributed by atoms with Gasteiger partial charge < -0.3 is 10.8 Å². The number of aryl methyl sites for hydroxylation is 1. The zero-order chi connectivity index (χ0) is 9.56. The smallest absolute Gasteiger partial charge is 0.128 e. The molecule has 3 heteroatoms. The minimum absolute atomic E-state index is 0.0412. The number of aromatic nitrogens is 1. The zero-order valence-electron chi connectivity index (χ0n) is 7.83. The van der Waals surface area contributed by atoms with Crippen LogP contribution in [-0.4, -0.2) is 10.1 Å². The van der Waals surface area contributed by atoms with Gasteiger partial charge in [0, 0.05) is 11.8 Å². The van der Waals surface area contributed by atoms with Crippen molar-refractivity contribution in [3.05, 3.63) is 23.4 Å². The molecular formula is C9H16N2O. The molecule has 1 aromatic rings. The van der Waals surface area contributed by atoms with Gasteiger partial charge in [0.15, 0.2) is 0 Å². The Balaban J connectivity index is 0.000000561. The summed E-state index contributed by atoms with van der Waals surface area (Å²) < 4.78 is 0. The number of anilines is 1. The van der Waals surface area contributed by atoms with Gasteiger partial charge in [0.1, 0.15) is 5.82 Å². The van der Waals surface area contributed by atoms with Crippen LogP contribution >= 0.6 is 0 Å². The minimum atomic E-state index is -0.0412. The molecule has 3 nitrogen and oxygen atoms in total. The standard InChI is InChI=1S/C7H10N2O.C2H6/c1-5-2-6(4-10)7(8)9-3-5;1-2/h2-3,10H,4H2,1H3,(H2,8,9);1-2H3. The number of nitrogens with zero attached hydrogens (tertiary/aromatic N) is 1. The summed E-state index contributed by atoms with van der Waals surface area (Å²) >= 11 is 0. The van der Waals surface area contributed by atoms with Crippen LogP contribution in [0.25, 0.3) is 0 Å². The second-order valence-corrected chi connectivity index (χ2v) is 2.22. The molecule has 0 spiro atoms. The third-order valence-corrected chi connectivity index (χ3v) is 1.31. The number of pyridine rings is 1. The van der Waals surface area contributed by atoms with Crippen LogP contribution in [-0.2, 0) is 6.61 Å². The van der Waals surface area contributed by atoms with Crippen molar-refractivity contribution in [1.29, 1.82) is 0 Å². The summed E-state index contributed by atoms with van der Waals surface area (Å²) in [4.78, 5) is 3.87. The Bertz CT molecular complexity index is 236. The highest BCUT2D eigenvalue weighted by atomic mass is 16.3. The van der Waals surface area contributed by atoms with Gasteiger partial charge in [0.05, 0.1) is 6.61 Å². The van der Waals surface area contributed by atoms with Crippen molar-refractivity contribution in [2.75, 3.05) is 5.73 Å². The summed E-state index contributed by atoms with van der Waals surface area (Å²) in [6.07, 6.45) is 1.68. The molecule has 0 aromatic carbocycles. The van der Waals surface area contributed by atoms with E-state index in [1.54, 1.807) is 6.20 Å². The van der Waals surface area contributed by atoms with Crippen LogP contribution in [0, 0.1) is 6.92 Å². The number of aliphatic hydroxyl groups excluding tert-OH is 1. The van der Waals surface area contributed by atoms with Crippen LogP contribution in [0.1, 0.15) is 25.0 Å². The zero-order valence-corrected chi connectivity index (χ0v) is 7.83. The molecule has 0 bridgehead atoms. The Morgan fingerprint density at radius 2 is 2.08 bits per heavy atom. The summed E-state index contributed by atoms with van der Waals surface area (Å²) in [6, 6.07) is 1.82. The third kappa shape index (κ3) is 2.88.